The summed E-state index contributed by atoms with van der Waals surface area (Å²) in [5, 5.41) is 13.3. The number of hydrazone groups is 1. The van der Waals surface area contributed by atoms with Crippen LogP contribution in [0, 0.1) is 13.8 Å². The van der Waals surface area contributed by atoms with Crippen LogP contribution in [0.4, 0.5) is 0 Å². The number of phenolic OH excluding ortho intramolecular Hbond substituents is 1. The Labute approximate surface area is 135 Å². The summed E-state index contributed by atoms with van der Waals surface area (Å²) >= 11 is 0. The van der Waals surface area contributed by atoms with Gasteiger partial charge in [0.15, 0.2) is 6.61 Å². The standard InChI is InChI=1S/C18H20N2O3/c1-12-8-13(2)10-17(9-12)23-11-18(22)20-19-14(3)15-4-6-16(21)7-5-15/h4-10,21H,11H2,1-3H3,(H,20,22)/b19-14+. The molecule has 0 fully saturated rings. The number of rotatable bonds is 5. The normalized spacial score (nSPS) is 11.2. The number of hydrogen-bond acceptors (Lipinski definition) is 4. The molecule has 2 aromatic carbocycles. The Kier molecular flexibility index (Phi) is 5.36. The van der Waals surface area contributed by atoms with Crippen molar-refractivity contribution in [2.75, 3.05) is 6.61 Å². The van der Waals surface area contributed by atoms with Gasteiger partial charge in [0.1, 0.15) is 11.5 Å². The maximum atomic E-state index is 11.8. The van der Waals surface area contributed by atoms with Gasteiger partial charge in [-0.15, -0.1) is 0 Å². The number of hydrogen-bond donors (Lipinski definition) is 2. The first-order chi connectivity index (χ1) is 10.9. The van der Waals surface area contributed by atoms with Crippen LogP contribution < -0.4 is 10.2 Å². The third kappa shape index (κ3) is 5.14. The lowest BCUT2D eigenvalue weighted by Gasteiger charge is -2.08. The summed E-state index contributed by atoms with van der Waals surface area (Å²) in [6, 6.07) is 12.4. The van der Waals surface area contributed by atoms with Gasteiger partial charge in [-0.2, -0.15) is 5.10 Å². The Balaban J connectivity index is 1.89. The number of carbonyl (C=O) groups is 1. The van der Waals surface area contributed by atoms with Crippen LogP contribution in [0.25, 0.3) is 0 Å². The summed E-state index contributed by atoms with van der Waals surface area (Å²) in [6.07, 6.45) is 0. The number of ether oxygens (including phenoxy) is 1. The highest BCUT2D eigenvalue weighted by Crippen LogP contribution is 2.16. The maximum absolute atomic E-state index is 11.8. The second-order valence-corrected chi connectivity index (χ2v) is 5.39. The monoisotopic (exact) mass is 312 g/mol. The highest BCUT2D eigenvalue weighted by molar-refractivity contribution is 5.99. The van der Waals surface area contributed by atoms with Crippen LogP contribution in [0.15, 0.2) is 47.6 Å². The van der Waals surface area contributed by atoms with E-state index in [1.165, 1.54) is 0 Å². The highest BCUT2D eigenvalue weighted by atomic mass is 16.5. The molecule has 2 rings (SSSR count). The van der Waals surface area contributed by atoms with Gasteiger partial charge in [0, 0.05) is 0 Å². The SMILES string of the molecule is C/C(=N\NC(=O)COc1cc(C)cc(C)c1)c1ccc(O)cc1. The fourth-order valence-electron chi connectivity index (χ4n) is 2.11. The van der Waals surface area contributed by atoms with E-state index >= 15 is 0 Å². The zero-order valence-corrected chi connectivity index (χ0v) is 13.5. The first-order valence-corrected chi connectivity index (χ1v) is 7.27. The molecule has 0 unspecified atom stereocenters. The molecule has 2 N–H and O–H groups in total. The van der Waals surface area contributed by atoms with Crippen LogP contribution in [0.2, 0.25) is 0 Å². The number of phenols is 1. The quantitative estimate of drug-likeness (QED) is 0.659. The van der Waals surface area contributed by atoms with Gasteiger partial charge in [0.2, 0.25) is 0 Å². The molecule has 0 spiro atoms. The molecular weight excluding hydrogens is 292 g/mol. The molecule has 0 aliphatic heterocycles. The molecule has 5 heteroatoms. The molecular formula is C18H20N2O3. The predicted molar refractivity (Wildman–Crippen MR) is 89.9 cm³/mol. The zero-order chi connectivity index (χ0) is 16.8. The van der Waals surface area contributed by atoms with Crippen LogP contribution >= 0.6 is 0 Å². The number of benzene rings is 2. The first-order valence-electron chi connectivity index (χ1n) is 7.27. The second-order valence-electron chi connectivity index (χ2n) is 5.39. The number of nitrogens with one attached hydrogen (secondary N) is 1. The molecule has 0 aromatic heterocycles. The summed E-state index contributed by atoms with van der Waals surface area (Å²) in [6.45, 7) is 5.63. The van der Waals surface area contributed by atoms with Gasteiger partial charge >= 0.3 is 0 Å². The van der Waals surface area contributed by atoms with Crippen molar-refractivity contribution >= 4 is 11.6 Å². The number of aryl methyl sites for hydroxylation is 2. The Morgan fingerprint density at radius 3 is 2.35 bits per heavy atom. The lowest BCUT2D eigenvalue weighted by Crippen LogP contribution is -2.25. The van der Waals surface area contributed by atoms with Gasteiger partial charge in [-0.25, -0.2) is 5.43 Å². The Morgan fingerprint density at radius 1 is 1.13 bits per heavy atom. The molecule has 0 saturated carbocycles. The topological polar surface area (TPSA) is 70.9 Å². The van der Waals surface area contributed by atoms with Gasteiger partial charge < -0.3 is 9.84 Å². The predicted octanol–water partition coefficient (Wildman–Crippen LogP) is 2.93. The summed E-state index contributed by atoms with van der Waals surface area (Å²) in [5.41, 5.74) is 6.09. The number of nitrogens with zero attached hydrogens (tertiary/aromatic N) is 1. The van der Waals surface area contributed by atoms with Crippen molar-refractivity contribution in [1.82, 2.24) is 5.43 Å². The molecule has 0 radical (unpaired) electrons. The molecule has 2 aromatic rings. The minimum atomic E-state index is -0.331. The zero-order valence-electron chi connectivity index (χ0n) is 13.5. The minimum absolute atomic E-state index is 0.102. The van der Waals surface area contributed by atoms with Gasteiger partial charge in [0.05, 0.1) is 5.71 Å². The van der Waals surface area contributed by atoms with E-state index < -0.39 is 0 Å². The first kappa shape index (κ1) is 16.5. The van der Waals surface area contributed by atoms with Gasteiger partial charge in [-0.05, 0) is 73.9 Å². The molecule has 1 amide bonds. The molecule has 23 heavy (non-hydrogen) atoms. The van der Waals surface area contributed by atoms with Crippen LogP contribution in [-0.2, 0) is 4.79 Å². The highest BCUT2D eigenvalue weighted by Gasteiger charge is 2.04. The average molecular weight is 312 g/mol. The summed E-state index contributed by atoms with van der Waals surface area (Å²) in [7, 11) is 0. The fourth-order valence-corrected chi connectivity index (χ4v) is 2.11. The molecule has 5 nitrogen and oxygen atoms in total. The van der Waals surface area contributed by atoms with Crippen molar-refractivity contribution in [3.05, 3.63) is 59.2 Å². The van der Waals surface area contributed by atoms with Crippen molar-refractivity contribution in [2.24, 2.45) is 5.10 Å². The molecule has 0 bridgehead atoms. The van der Waals surface area contributed by atoms with Crippen molar-refractivity contribution in [2.45, 2.75) is 20.8 Å². The van der Waals surface area contributed by atoms with E-state index in [4.69, 9.17) is 4.74 Å². The van der Waals surface area contributed by atoms with Gasteiger partial charge in [-0.3, -0.25) is 4.79 Å². The van der Waals surface area contributed by atoms with Crippen molar-refractivity contribution in [1.29, 1.82) is 0 Å². The molecule has 0 heterocycles. The molecule has 0 aliphatic rings. The lowest BCUT2D eigenvalue weighted by molar-refractivity contribution is -0.123. The maximum Gasteiger partial charge on any atom is 0.277 e. The molecule has 120 valence electrons. The van der Waals surface area contributed by atoms with E-state index in [0.717, 1.165) is 16.7 Å². The van der Waals surface area contributed by atoms with Crippen LogP contribution in [0.5, 0.6) is 11.5 Å². The van der Waals surface area contributed by atoms with Crippen LogP contribution in [-0.4, -0.2) is 23.3 Å². The van der Waals surface area contributed by atoms with E-state index in [1.807, 2.05) is 32.0 Å². The summed E-state index contributed by atoms with van der Waals surface area (Å²) in [4.78, 5) is 11.8. The minimum Gasteiger partial charge on any atom is -0.508 e. The molecule has 0 atom stereocenters. The molecule has 0 aliphatic carbocycles. The van der Waals surface area contributed by atoms with E-state index in [0.29, 0.717) is 11.5 Å². The summed E-state index contributed by atoms with van der Waals surface area (Å²) < 4.78 is 5.47. The molecule has 0 saturated heterocycles. The number of amides is 1. The van der Waals surface area contributed by atoms with Gasteiger partial charge in [0.25, 0.3) is 5.91 Å². The van der Waals surface area contributed by atoms with Gasteiger partial charge in [-0.1, -0.05) is 6.07 Å². The van der Waals surface area contributed by atoms with E-state index in [1.54, 1.807) is 31.2 Å². The second kappa shape index (κ2) is 7.45. The van der Waals surface area contributed by atoms with Crippen LogP contribution in [0.1, 0.15) is 23.6 Å². The third-order valence-corrected chi connectivity index (χ3v) is 3.20. The summed E-state index contributed by atoms with van der Waals surface area (Å²) in [5.74, 6) is 0.520. The lowest BCUT2D eigenvalue weighted by atomic mass is 10.1. The fraction of sp³-hybridized carbons (Fsp3) is 0.222. The average Bonchev–Trinajstić information content (AvgIpc) is 2.50. The number of aromatic hydroxyl groups is 1. The third-order valence-electron chi connectivity index (χ3n) is 3.20. The number of carbonyl (C=O) groups excluding carboxylic acids is 1. The van der Waals surface area contributed by atoms with E-state index in [-0.39, 0.29) is 18.3 Å². The Hall–Kier alpha value is -2.82. The van der Waals surface area contributed by atoms with E-state index in [2.05, 4.69) is 10.5 Å². The smallest absolute Gasteiger partial charge is 0.277 e. The van der Waals surface area contributed by atoms with Crippen molar-refractivity contribution in [3.63, 3.8) is 0 Å². The van der Waals surface area contributed by atoms with Crippen LogP contribution in [0.3, 0.4) is 0 Å². The van der Waals surface area contributed by atoms with Crippen molar-refractivity contribution < 1.29 is 14.6 Å². The largest absolute Gasteiger partial charge is 0.508 e. The Morgan fingerprint density at radius 2 is 1.74 bits per heavy atom. The Bertz CT molecular complexity index is 701. The van der Waals surface area contributed by atoms with E-state index in [9.17, 15) is 9.90 Å². The van der Waals surface area contributed by atoms with Crippen molar-refractivity contribution in [3.8, 4) is 11.5 Å².